The molecule has 12 rings (SSSR count). The number of rotatable bonds is 4. The smallest absolute Gasteiger partial charge is 0.164 e. The van der Waals surface area contributed by atoms with Crippen molar-refractivity contribution < 1.29 is 4.42 Å². The molecule has 8 aromatic carbocycles. The van der Waals surface area contributed by atoms with Crippen molar-refractivity contribution in [2.45, 2.75) is 5.41 Å². The molecule has 0 saturated heterocycles. The zero-order valence-corrected chi connectivity index (χ0v) is 30.1. The summed E-state index contributed by atoms with van der Waals surface area (Å²) in [4.78, 5) is 15.6. The van der Waals surface area contributed by atoms with Gasteiger partial charge in [0.1, 0.15) is 11.2 Å². The topological polar surface area (TPSA) is 51.8 Å². The number of hydrogen-bond acceptors (Lipinski definition) is 4. The van der Waals surface area contributed by atoms with Crippen molar-refractivity contribution in [3.8, 4) is 67.5 Å². The van der Waals surface area contributed by atoms with E-state index in [2.05, 4.69) is 146 Å². The minimum absolute atomic E-state index is 0.476. The fraction of sp³-hybridized carbons (Fsp3) is 0.0192. The Labute approximate surface area is 323 Å². The minimum Gasteiger partial charge on any atom is -0.456 e. The van der Waals surface area contributed by atoms with Gasteiger partial charge in [0, 0.05) is 33.0 Å². The van der Waals surface area contributed by atoms with Gasteiger partial charge in [-0.2, -0.15) is 0 Å². The summed E-state index contributed by atoms with van der Waals surface area (Å²) in [6.07, 6.45) is 0. The summed E-state index contributed by atoms with van der Waals surface area (Å²) in [6.45, 7) is 0. The van der Waals surface area contributed by atoms with Crippen molar-refractivity contribution in [3.63, 3.8) is 0 Å². The molecule has 56 heavy (non-hydrogen) atoms. The van der Waals surface area contributed by atoms with E-state index in [4.69, 9.17) is 19.4 Å². The van der Waals surface area contributed by atoms with E-state index in [0.717, 1.165) is 49.8 Å². The number of benzene rings is 8. The molecule has 0 radical (unpaired) electrons. The van der Waals surface area contributed by atoms with E-state index in [0.29, 0.717) is 17.5 Å². The zero-order valence-electron chi connectivity index (χ0n) is 30.1. The van der Waals surface area contributed by atoms with Crippen LogP contribution >= 0.6 is 0 Å². The zero-order chi connectivity index (χ0) is 36.8. The van der Waals surface area contributed by atoms with Crippen LogP contribution in [0.25, 0.3) is 89.5 Å². The van der Waals surface area contributed by atoms with Gasteiger partial charge in [-0.3, -0.25) is 0 Å². The Bertz CT molecular complexity index is 3100. The van der Waals surface area contributed by atoms with Crippen molar-refractivity contribution in [1.82, 2.24) is 15.0 Å². The molecule has 0 unspecified atom stereocenters. The van der Waals surface area contributed by atoms with E-state index in [1.165, 1.54) is 44.5 Å². The molecule has 0 amide bonds. The van der Waals surface area contributed by atoms with Crippen LogP contribution in [0.15, 0.2) is 192 Å². The van der Waals surface area contributed by atoms with Crippen LogP contribution in [0.5, 0.6) is 0 Å². The van der Waals surface area contributed by atoms with Gasteiger partial charge in [-0.15, -0.1) is 0 Å². The standard InChI is InChI=1S/C52H31N3O/c1-3-16-32(17-4-1)49-53-50(33-18-5-2-6-19-33)55-51(54-49)39-30-31-45-48(37-23-10-14-29-44(37)56-45)47(39)38-24-15-28-43-46(38)36-22-9-13-27-42(36)52(43)40-25-11-7-20-34(40)35-21-8-12-26-41(35)52/h1-31H. The normalized spacial score (nSPS) is 13.1. The predicted octanol–water partition coefficient (Wildman–Crippen LogP) is 12.8. The molecule has 4 heteroatoms. The van der Waals surface area contributed by atoms with Gasteiger partial charge in [0.2, 0.25) is 0 Å². The lowest BCUT2D eigenvalue weighted by molar-refractivity contribution is 0.669. The van der Waals surface area contributed by atoms with Gasteiger partial charge in [0.25, 0.3) is 0 Å². The molecule has 0 atom stereocenters. The molecule has 2 aromatic heterocycles. The van der Waals surface area contributed by atoms with Crippen LogP contribution in [0, 0.1) is 0 Å². The second-order valence-corrected chi connectivity index (χ2v) is 14.6. The largest absolute Gasteiger partial charge is 0.456 e. The lowest BCUT2D eigenvalue weighted by Gasteiger charge is -2.30. The summed E-state index contributed by atoms with van der Waals surface area (Å²) in [5, 5.41) is 2.09. The SMILES string of the molecule is c1ccc(-c2nc(-c3ccccc3)nc(-c3ccc4oc5ccccc5c4c3-c3cccc4c3-c3ccccc3C43c4ccccc4-c4ccccc43)n2)cc1. The number of para-hydroxylation sites is 1. The molecule has 0 fully saturated rings. The average Bonchev–Trinajstić information content (AvgIpc) is 3.91. The number of hydrogen-bond donors (Lipinski definition) is 0. The molecule has 10 aromatic rings. The maximum atomic E-state index is 6.61. The minimum atomic E-state index is -0.476. The molecular weight excluding hydrogens is 683 g/mol. The van der Waals surface area contributed by atoms with Crippen molar-refractivity contribution in [2.75, 3.05) is 0 Å². The van der Waals surface area contributed by atoms with Gasteiger partial charge >= 0.3 is 0 Å². The Morgan fingerprint density at radius 2 is 0.821 bits per heavy atom. The van der Waals surface area contributed by atoms with Crippen molar-refractivity contribution in [2.24, 2.45) is 0 Å². The van der Waals surface area contributed by atoms with Gasteiger partial charge < -0.3 is 4.42 Å². The Hall–Kier alpha value is -7.43. The first-order valence-corrected chi connectivity index (χ1v) is 19.0. The maximum Gasteiger partial charge on any atom is 0.164 e. The Morgan fingerprint density at radius 3 is 1.48 bits per heavy atom. The lowest BCUT2D eigenvalue weighted by Crippen LogP contribution is -2.25. The van der Waals surface area contributed by atoms with Crippen LogP contribution in [0.1, 0.15) is 22.3 Å². The van der Waals surface area contributed by atoms with E-state index in [-0.39, 0.29) is 0 Å². The molecule has 4 nitrogen and oxygen atoms in total. The van der Waals surface area contributed by atoms with Crippen LogP contribution in [0.4, 0.5) is 0 Å². The third-order valence-electron chi connectivity index (χ3n) is 11.8. The van der Waals surface area contributed by atoms with E-state index < -0.39 is 5.41 Å². The third kappa shape index (κ3) is 4.21. The monoisotopic (exact) mass is 713 g/mol. The number of nitrogens with zero attached hydrogens (tertiary/aromatic N) is 3. The van der Waals surface area contributed by atoms with Gasteiger partial charge in [0.05, 0.1) is 5.41 Å². The summed E-state index contributed by atoms with van der Waals surface area (Å²) >= 11 is 0. The highest BCUT2D eigenvalue weighted by Gasteiger charge is 2.52. The van der Waals surface area contributed by atoms with Crippen molar-refractivity contribution in [3.05, 3.63) is 210 Å². The van der Waals surface area contributed by atoms with Gasteiger partial charge in [-0.05, 0) is 68.3 Å². The Morgan fingerprint density at radius 1 is 0.321 bits per heavy atom. The van der Waals surface area contributed by atoms with Gasteiger partial charge in [-0.1, -0.05) is 170 Å². The highest BCUT2D eigenvalue weighted by atomic mass is 16.3. The van der Waals surface area contributed by atoms with Crippen molar-refractivity contribution in [1.29, 1.82) is 0 Å². The lowest BCUT2D eigenvalue weighted by atomic mass is 9.70. The first kappa shape index (κ1) is 31.0. The summed E-state index contributed by atoms with van der Waals surface area (Å²) in [7, 11) is 0. The number of aromatic nitrogens is 3. The highest BCUT2D eigenvalue weighted by molar-refractivity contribution is 6.18. The van der Waals surface area contributed by atoms with E-state index in [1.54, 1.807) is 0 Å². The molecule has 0 N–H and O–H groups in total. The first-order chi connectivity index (χ1) is 27.8. The van der Waals surface area contributed by atoms with Crippen LogP contribution in [0.3, 0.4) is 0 Å². The Balaban J connectivity index is 1.22. The molecule has 0 saturated carbocycles. The molecular formula is C52H31N3O. The number of fused-ring (bicyclic) bond motifs is 13. The van der Waals surface area contributed by atoms with E-state index >= 15 is 0 Å². The fourth-order valence-corrected chi connectivity index (χ4v) is 9.56. The van der Waals surface area contributed by atoms with Crippen LogP contribution in [0.2, 0.25) is 0 Å². The molecule has 2 aliphatic carbocycles. The molecule has 260 valence electrons. The van der Waals surface area contributed by atoms with Crippen LogP contribution in [-0.2, 0) is 5.41 Å². The molecule has 0 aliphatic heterocycles. The fourth-order valence-electron chi connectivity index (χ4n) is 9.56. The number of furan rings is 1. The highest BCUT2D eigenvalue weighted by Crippen LogP contribution is 2.64. The second kappa shape index (κ2) is 11.8. The Kier molecular flexibility index (Phi) is 6.52. The first-order valence-electron chi connectivity index (χ1n) is 19.0. The third-order valence-corrected chi connectivity index (χ3v) is 11.8. The average molecular weight is 714 g/mol. The molecule has 0 bridgehead atoms. The maximum absolute atomic E-state index is 6.61. The van der Waals surface area contributed by atoms with Gasteiger partial charge in [0.15, 0.2) is 17.5 Å². The van der Waals surface area contributed by atoms with Crippen molar-refractivity contribution >= 4 is 21.9 Å². The van der Waals surface area contributed by atoms with Crippen LogP contribution < -0.4 is 0 Å². The summed E-state index contributed by atoms with van der Waals surface area (Å²) < 4.78 is 6.61. The second-order valence-electron chi connectivity index (χ2n) is 14.6. The summed E-state index contributed by atoms with van der Waals surface area (Å²) in [5.74, 6) is 1.86. The quantitative estimate of drug-likeness (QED) is 0.182. The van der Waals surface area contributed by atoms with E-state index in [1.807, 2.05) is 42.5 Å². The van der Waals surface area contributed by atoms with Gasteiger partial charge in [-0.25, -0.2) is 15.0 Å². The summed E-state index contributed by atoms with van der Waals surface area (Å²) in [5.41, 5.74) is 16.3. The van der Waals surface area contributed by atoms with E-state index in [9.17, 15) is 0 Å². The molecule has 2 aliphatic rings. The summed E-state index contributed by atoms with van der Waals surface area (Å²) in [6, 6.07) is 66.6. The predicted molar refractivity (Wildman–Crippen MR) is 225 cm³/mol. The molecule has 2 heterocycles. The van der Waals surface area contributed by atoms with Crippen LogP contribution in [-0.4, -0.2) is 15.0 Å². The molecule has 1 spiro atoms.